The number of ether oxygens (including phenoxy) is 2. The van der Waals surface area contributed by atoms with Gasteiger partial charge < -0.3 is 14.8 Å². The molecule has 2 aliphatic heterocycles. The first kappa shape index (κ1) is 24.7. The van der Waals surface area contributed by atoms with E-state index in [1.54, 1.807) is 17.5 Å². The zero-order chi connectivity index (χ0) is 22.6. The minimum atomic E-state index is 0. The number of Topliss-reactive ketones (excluding diaryl/α,β-unsaturated/α-hetero) is 1. The van der Waals surface area contributed by atoms with Crippen LogP contribution in [0.5, 0.6) is 11.6 Å². The number of fused-ring (bicyclic) bond motifs is 1. The zero-order valence-electron chi connectivity index (χ0n) is 19.0. The molecule has 4 heterocycles. The van der Waals surface area contributed by atoms with Gasteiger partial charge in [-0.2, -0.15) is 0 Å². The van der Waals surface area contributed by atoms with Crippen molar-refractivity contribution in [3.05, 3.63) is 48.2 Å². The van der Waals surface area contributed by atoms with Crippen LogP contribution in [-0.4, -0.2) is 58.3 Å². The van der Waals surface area contributed by atoms with E-state index in [4.69, 9.17) is 9.47 Å². The first-order valence-electron chi connectivity index (χ1n) is 11.2. The van der Waals surface area contributed by atoms with Gasteiger partial charge in [0.2, 0.25) is 5.88 Å². The molecule has 0 radical (unpaired) electrons. The number of nitrogens with one attached hydrogen (secondary N) is 1. The Morgan fingerprint density at radius 2 is 2.06 bits per heavy atom. The van der Waals surface area contributed by atoms with Crippen molar-refractivity contribution in [1.82, 2.24) is 19.5 Å². The van der Waals surface area contributed by atoms with E-state index < -0.39 is 0 Å². The van der Waals surface area contributed by atoms with Crippen molar-refractivity contribution in [1.29, 1.82) is 0 Å². The Morgan fingerprint density at radius 3 is 2.76 bits per heavy atom. The van der Waals surface area contributed by atoms with Gasteiger partial charge in [0.1, 0.15) is 17.4 Å². The monoisotopic (exact) mass is 453 g/mol. The number of likely N-dealkylation sites (tertiary alicyclic amines) is 1. The standard InChI is InChI=1S/C22H25N5O3.C2H6.CH4/c1-16(28)9-17-3-2-4-18(10-17)30-21-6-5-20-24-19(11-27(20)25-21)23-15-26-8-7-22(12-26)13-29-14-22;1-2;/h2-6,10-11,23H,7-9,12-15H2,1H3;1-2H3;1H4. The largest absolute Gasteiger partial charge is 0.438 e. The first-order valence-corrected chi connectivity index (χ1v) is 11.2. The minimum absolute atomic E-state index is 0. The van der Waals surface area contributed by atoms with Crippen molar-refractivity contribution in [2.45, 2.75) is 41.0 Å². The number of carbonyl (C=O) groups is 1. The molecule has 0 aliphatic carbocycles. The number of anilines is 1. The second kappa shape index (κ2) is 10.8. The fourth-order valence-corrected chi connectivity index (χ4v) is 4.11. The average molecular weight is 454 g/mol. The SMILES string of the molecule is C.CC.CC(=O)Cc1cccc(Oc2ccc3nc(NCN4CCC5(COC5)C4)cn3n2)c1. The van der Waals surface area contributed by atoms with Crippen molar-refractivity contribution in [3.63, 3.8) is 0 Å². The quantitative estimate of drug-likeness (QED) is 0.568. The molecule has 0 bridgehead atoms. The molecule has 0 amide bonds. The van der Waals surface area contributed by atoms with Gasteiger partial charge in [-0.05, 0) is 37.1 Å². The fourth-order valence-electron chi connectivity index (χ4n) is 4.11. The van der Waals surface area contributed by atoms with Crippen molar-refractivity contribution >= 4 is 17.2 Å². The van der Waals surface area contributed by atoms with Gasteiger partial charge in [-0.15, -0.1) is 5.10 Å². The van der Waals surface area contributed by atoms with Crippen LogP contribution in [0, 0.1) is 5.41 Å². The van der Waals surface area contributed by atoms with Crippen LogP contribution in [0.3, 0.4) is 0 Å². The van der Waals surface area contributed by atoms with Gasteiger partial charge in [-0.25, -0.2) is 9.50 Å². The average Bonchev–Trinajstić information content (AvgIpc) is 3.37. The summed E-state index contributed by atoms with van der Waals surface area (Å²) in [7, 11) is 0. The number of nitrogens with zero attached hydrogens (tertiary/aromatic N) is 4. The molecule has 2 saturated heterocycles. The summed E-state index contributed by atoms with van der Waals surface area (Å²) in [6.07, 6.45) is 3.47. The molecule has 178 valence electrons. The summed E-state index contributed by atoms with van der Waals surface area (Å²) in [6, 6.07) is 11.2. The lowest BCUT2D eigenvalue weighted by molar-refractivity contribution is -0.116. The molecule has 8 heteroatoms. The van der Waals surface area contributed by atoms with Crippen LogP contribution in [0.15, 0.2) is 42.6 Å². The highest BCUT2D eigenvalue weighted by molar-refractivity contribution is 5.78. The predicted octanol–water partition coefficient (Wildman–Crippen LogP) is 4.41. The summed E-state index contributed by atoms with van der Waals surface area (Å²) in [5.74, 6) is 2.03. The van der Waals surface area contributed by atoms with Crippen LogP contribution in [0.1, 0.15) is 40.2 Å². The van der Waals surface area contributed by atoms with Gasteiger partial charge in [0.15, 0.2) is 5.65 Å². The van der Waals surface area contributed by atoms with Crippen molar-refractivity contribution in [2.24, 2.45) is 5.41 Å². The molecular weight excluding hydrogens is 418 g/mol. The number of hydrogen-bond acceptors (Lipinski definition) is 7. The Bertz CT molecular complexity index is 1080. The molecule has 0 unspecified atom stereocenters. The number of hydrogen-bond donors (Lipinski definition) is 1. The van der Waals surface area contributed by atoms with E-state index in [0.717, 1.165) is 50.0 Å². The normalized spacial score (nSPS) is 16.5. The maximum Gasteiger partial charge on any atom is 0.237 e. The summed E-state index contributed by atoms with van der Waals surface area (Å²) < 4.78 is 13.0. The molecular formula is C25H35N5O3. The molecule has 2 fully saturated rings. The molecule has 8 nitrogen and oxygen atoms in total. The van der Waals surface area contributed by atoms with Gasteiger partial charge >= 0.3 is 0 Å². The second-order valence-corrected chi connectivity index (χ2v) is 8.36. The molecule has 0 saturated carbocycles. The Hall–Kier alpha value is -2.97. The summed E-state index contributed by atoms with van der Waals surface area (Å²) in [5.41, 5.74) is 2.06. The van der Waals surface area contributed by atoms with Crippen LogP contribution in [-0.2, 0) is 16.0 Å². The van der Waals surface area contributed by atoms with Crippen molar-refractivity contribution < 1.29 is 14.3 Å². The molecule has 3 aromatic rings. The topological polar surface area (TPSA) is 81.0 Å². The third-order valence-corrected chi connectivity index (χ3v) is 5.69. The maximum absolute atomic E-state index is 11.3. The molecule has 1 N–H and O–H groups in total. The predicted molar refractivity (Wildman–Crippen MR) is 130 cm³/mol. The van der Waals surface area contributed by atoms with Gasteiger partial charge in [-0.3, -0.25) is 9.69 Å². The van der Waals surface area contributed by atoms with E-state index in [1.165, 1.54) is 6.42 Å². The van der Waals surface area contributed by atoms with Crippen LogP contribution < -0.4 is 10.1 Å². The number of aromatic nitrogens is 3. The molecule has 1 spiro atoms. The van der Waals surface area contributed by atoms with E-state index in [2.05, 4.69) is 20.3 Å². The molecule has 5 rings (SSSR count). The van der Waals surface area contributed by atoms with Gasteiger partial charge in [0.25, 0.3) is 0 Å². The van der Waals surface area contributed by atoms with E-state index in [9.17, 15) is 4.79 Å². The van der Waals surface area contributed by atoms with Crippen molar-refractivity contribution in [2.75, 3.05) is 38.3 Å². The summed E-state index contributed by atoms with van der Waals surface area (Å²) in [6.45, 7) is 10.3. The minimum Gasteiger partial charge on any atom is -0.438 e. The lowest BCUT2D eigenvalue weighted by atomic mass is 9.85. The highest BCUT2D eigenvalue weighted by Crippen LogP contribution is 2.37. The number of carbonyl (C=O) groups excluding carboxylic acids is 1. The Balaban J connectivity index is 0.000000994. The van der Waals surface area contributed by atoms with Gasteiger partial charge in [-0.1, -0.05) is 33.4 Å². The number of ketones is 1. The molecule has 33 heavy (non-hydrogen) atoms. The lowest BCUT2D eigenvalue weighted by Gasteiger charge is -2.37. The smallest absolute Gasteiger partial charge is 0.237 e. The molecule has 2 aliphatic rings. The van der Waals surface area contributed by atoms with Crippen LogP contribution >= 0.6 is 0 Å². The second-order valence-electron chi connectivity index (χ2n) is 8.36. The summed E-state index contributed by atoms with van der Waals surface area (Å²) in [4.78, 5) is 18.3. The molecule has 1 aromatic carbocycles. The Labute approximate surface area is 195 Å². The highest BCUT2D eigenvalue weighted by Gasteiger charge is 2.44. The first-order chi connectivity index (χ1) is 15.6. The van der Waals surface area contributed by atoms with E-state index in [-0.39, 0.29) is 13.2 Å². The lowest BCUT2D eigenvalue weighted by Crippen LogP contribution is -2.45. The van der Waals surface area contributed by atoms with E-state index in [1.807, 2.05) is 50.4 Å². The van der Waals surface area contributed by atoms with Crippen molar-refractivity contribution in [3.8, 4) is 11.6 Å². The van der Waals surface area contributed by atoms with Gasteiger partial charge in [0, 0.05) is 31.0 Å². The van der Waals surface area contributed by atoms with Crippen LogP contribution in [0.2, 0.25) is 0 Å². The number of benzene rings is 1. The Morgan fingerprint density at radius 1 is 1.24 bits per heavy atom. The number of rotatable bonds is 7. The van der Waals surface area contributed by atoms with E-state index >= 15 is 0 Å². The summed E-state index contributed by atoms with van der Waals surface area (Å²) in [5, 5.41) is 7.90. The third-order valence-electron chi connectivity index (χ3n) is 5.69. The molecule has 2 aromatic heterocycles. The van der Waals surface area contributed by atoms with Crippen LogP contribution in [0.4, 0.5) is 5.82 Å². The third kappa shape index (κ3) is 5.89. The highest BCUT2D eigenvalue weighted by atomic mass is 16.5. The summed E-state index contributed by atoms with van der Waals surface area (Å²) >= 11 is 0. The maximum atomic E-state index is 11.3. The number of imidazole rings is 1. The Kier molecular flexibility index (Phi) is 8.05. The molecule has 0 atom stereocenters. The van der Waals surface area contributed by atoms with Gasteiger partial charge in [0.05, 0.1) is 26.1 Å². The zero-order valence-corrected chi connectivity index (χ0v) is 19.0. The fraction of sp³-hybridized carbons (Fsp3) is 0.480. The van der Waals surface area contributed by atoms with Crippen LogP contribution in [0.25, 0.3) is 5.65 Å². The van der Waals surface area contributed by atoms with E-state index in [0.29, 0.717) is 23.5 Å².